The van der Waals surface area contributed by atoms with Crippen molar-refractivity contribution in [2.45, 2.75) is 0 Å². The molecule has 0 bridgehead atoms. The van der Waals surface area contributed by atoms with Gasteiger partial charge in [0, 0.05) is 6.07 Å². The van der Waals surface area contributed by atoms with Crippen LogP contribution in [0.2, 0.25) is 5.02 Å². The Kier molecular flexibility index (Phi) is 4.79. The zero-order valence-electron chi connectivity index (χ0n) is 10.5. The molecule has 0 spiro atoms. The minimum atomic E-state index is -1.19. The number of ether oxygens (including phenoxy) is 2. The fourth-order valence-corrected chi connectivity index (χ4v) is 1.66. The first-order valence-corrected chi connectivity index (χ1v) is 6.25. The molecule has 0 fully saturated rings. The average molecular weight is 294 g/mol. The van der Waals surface area contributed by atoms with Crippen LogP contribution in [0.4, 0.5) is 0 Å². The minimum Gasteiger partial charge on any atom is -0.490 e. The van der Waals surface area contributed by atoms with E-state index in [1.54, 1.807) is 0 Å². The summed E-state index contributed by atoms with van der Waals surface area (Å²) in [6.45, 7) is 0.583. The molecule has 0 amide bonds. The molecule has 2 aromatic rings. The van der Waals surface area contributed by atoms with Crippen LogP contribution in [0.25, 0.3) is 0 Å². The van der Waals surface area contributed by atoms with E-state index in [0.29, 0.717) is 6.61 Å². The van der Waals surface area contributed by atoms with E-state index in [1.807, 2.05) is 30.3 Å². The highest BCUT2D eigenvalue weighted by Crippen LogP contribution is 2.18. The summed E-state index contributed by atoms with van der Waals surface area (Å²) in [5.74, 6) is -0.254. The molecular formula is C14H12ClNO4. The molecule has 0 aliphatic heterocycles. The van der Waals surface area contributed by atoms with Gasteiger partial charge in [-0.15, -0.1) is 0 Å². The van der Waals surface area contributed by atoms with E-state index in [9.17, 15) is 4.79 Å². The average Bonchev–Trinajstić information content (AvgIpc) is 2.46. The molecule has 0 atom stereocenters. The van der Waals surface area contributed by atoms with Gasteiger partial charge in [0.05, 0.1) is 5.02 Å². The fourth-order valence-electron chi connectivity index (χ4n) is 1.48. The normalized spacial score (nSPS) is 10.1. The van der Waals surface area contributed by atoms with Crippen LogP contribution >= 0.6 is 11.6 Å². The van der Waals surface area contributed by atoms with Crippen molar-refractivity contribution >= 4 is 17.6 Å². The molecule has 0 aliphatic rings. The van der Waals surface area contributed by atoms with E-state index in [-0.39, 0.29) is 23.2 Å². The molecule has 0 saturated heterocycles. The maximum absolute atomic E-state index is 10.9. The lowest BCUT2D eigenvalue weighted by atomic mass is 10.3. The number of para-hydroxylation sites is 1. The number of hydrogen-bond donors (Lipinski definition) is 1. The number of rotatable bonds is 6. The van der Waals surface area contributed by atoms with Gasteiger partial charge in [-0.25, -0.2) is 9.78 Å². The molecule has 1 heterocycles. The Balaban J connectivity index is 1.85. The zero-order chi connectivity index (χ0) is 14.4. The summed E-state index contributed by atoms with van der Waals surface area (Å²) in [4.78, 5) is 14.7. The molecule has 5 nitrogen and oxygen atoms in total. The lowest BCUT2D eigenvalue weighted by Crippen LogP contribution is -2.11. The Hall–Kier alpha value is -2.27. The number of aromatic nitrogens is 1. The maximum Gasteiger partial charge on any atom is 0.356 e. The highest BCUT2D eigenvalue weighted by Gasteiger charge is 2.11. The van der Waals surface area contributed by atoms with Gasteiger partial charge >= 0.3 is 5.97 Å². The smallest absolute Gasteiger partial charge is 0.356 e. The number of hydrogen-bond acceptors (Lipinski definition) is 4. The third kappa shape index (κ3) is 3.86. The molecule has 2 rings (SSSR count). The number of aromatic carboxylic acids is 1. The molecule has 1 N–H and O–H groups in total. The first kappa shape index (κ1) is 14.1. The number of benzene rings is 1. The number of pyridine rings is 1. The van der Waals surface area contributed by atoms with Crippen molar-refractivity contribution in [2.75, 3.05) is 13.2 Å². The lowest BCUT2D eigenvalue weighted by molar-refractivity contribution is 0.0689. The minimum absolute atomic E-state index is 0.0744. The Labute approximate surface area is 120 Å². The van der Waals surface area contributed by atoms with Crippen molar-refractivity contribution in [1.82, 2.24) is 4.98 Å². The third-order valence-electron chi connectivity index (χ3n) is 2.37. The Morgan fingerprint density at radius 1 is 1.10 bits per heavy atom. The van der Waals surface area contributed by atoms with Crippen molar-refractivity contribution in [3.63, 3.8) is 0 Å². The van der Waals surface area contributed by atoms with Crippen LogP contribution in [0.5, 0.6) is 11.6 Å². The molecule has 1 aromatic heterocycles. The maximum atomic E-state index is 10.9. The Morgan fingerprint density at radius 2 is 1.80 bits per heavy atom. The Bertz CT molecular complexity index is 589. The largest absolute Gasteiger partial charge is 0.490 e. The lowest BCUT2D eigenvalue weighted by Gasteiger charge is -2.08. The Morgan fingerprint density at radius 3 is 2.50 bits per heavy atom. The number of halogens is 1. The van der Waals surface area contributed by atoms with Gasteiger partial charge < -0.3 is 14.6 Å². The quantitative estimate of drug-likeness (QED) is 0.829. The molecule has 0 saturated carbocycles. The summed E-state index contributed by atoms with van der Waals surface area (Å²) in [5.41, 5.74) is -0.229. The first-order chi connectivity index (χ1) is 9.66. The predicted octanol–water partition coefficient (Wildman–Crippen LogP) is 2.89. The van der Waals surface area contributed by atoms with Gasteiger partial charge in [0.2, 0.25) is 5.88 Å². The van der Waals surface area contributed by atoms with Crippen LogP contribution in [0.3, 0.4) is 0 Å². The topological polar surface area (TPSA) is 68.7 Å². The third-order valence-corrected chi connectivity index (χ3v) is 2.67. The summed E-state index contributed by atoms with van der Waals surface area (Å²) >= 11 is 5.71. The van der Waals surface area contributed by atoms with Gasteiger partial charge in [0.25, 0.3) is 0 Å². The van der Waals surface area contributed by atoms with Crippen LogP contribution in [-0.4, -0.2) is 29.3 Å². The van der Waals surface area contributed by atoms with Gasteiger partial charge in [-0.2, -0.15) is 0 Å². The van der Waals surface area contributed by atoms with Crippen LogP contribution in [-0.2, 0) is 0 Å². The van der Waals surface area contributed by atoms with E-state index >= 15 is 0 Å². The van der Waals surface area contributed by atoms with E-state index in [4.69, 9.17) is 26.2 Å². The molecule has 20 heavy (non-hydrogen) atoms. The number of carboxylic acid groups (broad SMARTS) is 1. The second-order valence-electron chi connectivity index (χ2n) is 3.80. The second kappa shape index (κ2) is 6.77. The van der Waals surface area contributed by atoms with Gasteiger partial charge in [0.15, 0.2) is 5.69 Å². The van der Waals surface area contributed by atoms with Crippen molar-refractivity contribution in [1.29, 1.82) is 0 Å². The molecule has 0 aliphatic carbocycles. The molecule has 0 radical (unpaired) electrons. The molecular weight excluding hydrogens is 282 g/mol. The van der Waals surface area contributed by atoms with Crippen LogP contribution in [0.1, 0.15) is 10.5 Å². The summed E-state index contributed by atoms with van der Waals surface area (Å²) in [7, 11) is 0. The molecule has 6 heteroatoms. The summed E-state index contributed by atoms with van der Waals surface area (Å²) in [5, 5.41) is 8.96. The summed E-state index contributed by atoms with van der Waals surface area (Å²) in [6, 6.07) is 12.3. The highest BCUT2D eigenvalue weighted by molar-refractivity contribution is 6.33. The number of nitrogens with zero attached hydrogens (tertiary/aromatic N) is 1. The molecule has 1 aromatic carbocycles. The highest BCUT2D eigenvalue weighted by atomic mass is 35.5. The predicted molar refractivity (Wildman–Crippen MR) is 73.6 cm³/mol. The van der Waals surface area contributed by atoms with E-state index in [2.05, 4.69) is 4.98 Å². The fraction of sp³-hybridized carbons (Fsp3) is 0.143. The van der Waals surface area contributed by atoms with E-state index in [0.717, 1.165) is 5.75 Å². The number of carbonyl (C=O) groups is 1. The summed E-state index contributed by atoms with van der Waals surface area (Å²) < 4.78 is 10.7. The van der Waals surface area contributed by atoms with E-state index in [1.165, 1.54) is 12.1 Å². The van der Waals surface area contributed by atoms with Gasteiger partial charge in [-0.3, -0.25) is 0 Å². The number of carboxylic acids is 1. The van der Waals surface area contributed by atoms with Crippen molar-refractivity contribution in [3.8, 4) is 11.6 Å². The monoisotopic (exact) mass is 293 g/mol. The molecule has 0 unspecified atom stereocenters. The molecule has 104 valence electrons. The van der Waals surface area contributed by atoms with Gasteiger partial charge in [0.1, 0.15) is 19.0 Å². The summed E-state index contributed by atoms with van der Waals surface area (Å²) in [6.07, 6.45) is 0. The second-order valence-corrected chi connectivity index (χ2v) is 4.20. The standard InChI is InChI=1S/C14H12ClNO4/c15-11-6-7-12(16-13(11)14(17)18)20-9-8-19-10-4-2-1-3-5-10/h1-7H,8-9H2,(H,17,18). The van der Waals surface area contributed by atoms with Crippen molar-refractivity contribution in [2.24, 2.45) is 0 Å². The van der Waals surface area contributed by atoms with Crippen molar-refractivity contribution in [3.05, 3.63) is 53.2 Å². The van der Waals surface area contributed by atoms with E-state index < -0.39 is 5.97 Å². The van der Waals surface area contributed by atoms with Crippen molar-refractivity contribution < 1.29 is 19.4 Å². The zero-order valence-corrected chi connectivity index (χ0v) is 11.2. The van der Waals surface area contributed by atoms with Gasteiger partial charge in [-0.1, -0.05) is 29.8 Å². The first-order valence-electron chi connectivity index (χ1n) is 5.87. The van der Waals surface area contributed by atoms with Crippen LogP contribution in [0.15, 0.2) is 42.5 Å². The van der Waals surface area contributed by atoms with Crippen LogP contribution in [0, 0.1) is 0 Å². The van der Waals surface area contributed by atoms with Crippen LogP contribution < -0.4 is 9.47 Å². The SMILES string of the molecule is O=C(O)c1nc(OCCOc2ccccc2)ccc1Cl. The van der Waals surface area contributed by atoms with Gasteiger partial charge in [-0.05, 0) is 18.2 Å².